The standard InChI is InChI=1S/C12H9F3N4O2S/c1-21-9(20)8-4-2-7(3-5-8)6-16-19-10(12(13,14)15)17-18-11(19)22/h2-6H,1H3,(H,18,22). The van der Waals surface area contributed by atoms with E-state index in [1.165, 1.54) is 37.6 Å². The van der Waals surface area contributed by atoms with Gasteiger partial charge in [-0.15, -0.1) is 5.10 Å². The number of alkyl halides is 3. The molecular weight excluding hydrogens is 321 g/mol. The van der Waals surface area contributed by atoms with Gasteiger partial charge in [-0.3, -0.25) is 0 Å². The van der Waals surface area contributed by atoms with Gasteiger partial charge < -0.3 is 4.74 Å². The second-order valence-corrected chi connectivity index (χ2v) is 4.41. The largest absolute Gasteiger partial charge is 0.465 e. The molecule has 0 unspecified atom stereocenters. The molecule has 22 heavy (non-hydrogen) atoms. The Labute approximate surface area is 127 Å². The summed E-state index contributed by atoms with van der Waals surface area (Å²) >= 11 is 4.70. The Balaban J connectivity index is 2.28. The maximum absolute atomic E-state index is 12.7. The predicted octanol–water partition coefficient (Wildman–Crippen LogP) is 2.63. The predicted molar refractivity (Wildman–Crippen MR) is 73.2 cm³/mol. The van der Waals surface area contributed by atoms with Gasteiger partial charge in [-0.05, 0) is 29.9 Å². The Hall–Kier alpha value is -2.49. The van der Waals surface area contributed by atoms with Crippen LogP contribution in [0.25, 0.3) is 0 Å². The van der Waals surface area contributed by atoms with E-state index in [0.717, 1.165) is 0 Å². The average molecular weight is 330 g/mol. The summed E-state index contributed by atoms with van der Waals surface area (Å²) in [6.07, 6.45) is -3.51. The van der Waals surface area contributed by atoms with E-state index in [-0.39, 0.29) is 4.77 Å². The third kappa shape index (κ3) is 3.39. The van der Waals surface area contributed by atoms with E-state index in [4.69, 9.17) is 12.2 Å². The smallest absolute Gasteiger partial charge is 0.453 e. The number of H-pyrrole nitrogens is 1. The van der Waals surface area contributed by atoms with Crippen LogP contribution in [0.2, 0.25) is 0 Å². The molecule has 116 valence electrons. The third-order valence-electron chi connectivity index (χ3n) is 2.56. The first-order valence-corrected chi connectivity index (χ1v) is 6.21. The van der Waals surface area contributed by atoms with Crippen LogP contribution in [0.4, 0.5) is 13.2 Å². The van der Waals surface area contributed by atoms with Crippen molar-refractivity contribution in [1.29, 1.82) is 0 Å². The van der Waals surface area contributed by atoms with Crippen molar-refractivity contribution in [2.45, 2.75) is 6.18 Å². The van der Waals surface area contributed by atoms with Crippen molar-refractivity contribution >= 4 is 24.4 Å². The van der Waals surface area contributed by atoms with Crippen molar-refractivity contribution in [2.24, 2.45) is 5.10 Å². The molecule has 0 aliphatic rings. The second-order valence-electron chi connectivity index (χ2n) is 4.02. The topological polar surface area (TPSA) is 72.3 Å². The number of halogens is 3. The van der Waals surface area contributed by atoms with E-state index < -0.39 is 18.0 Å². The molecule has 1 aromatic carbocycles. The quantitative estimate of drug-likeness (QED) is 0.533. The molecule has 10 heteroatoms. The third-order valence-corrected chi connectivity index (χ3v) is 2.82. The number of hydrogen-bond donors (Lipinski definition) is 1. The number of nitrogens with one attached hydrogen (secondary N) is 1. The molecule has 0 aliphatic carbocycles. The van der Waals surface area contributed by atoms with Crippen molar-refractivity contribution < 1.29 is 22.7 Å². The first-order valence-electron chi connectivity index (χ1n) is 5.80. The summed E-state index contributed by atoms with van der Waals surface area (Å²) in [4.78, 5) is 11.3. The number of ether oxygens (including phenoxy) is 1. The molecule has 1 N–H and O–H groups in total. The van der Waals surface area contributed by atoms with Crippen LogP contribution in [-0.4, -0.2) is 34.2 Å². The number of aromatic nitrogens is 3. The van der Waals surface area contributed by atoms with E-state index in [9.17, 15) is 18.0 Å². The van der Waals surface area contributed by atoms with Crippen LogP contribution in [0.1, 0.15) is 21.7 Å². The van der Waals surface area contributed by atoms with Crippen LogP contribution in [-0.2, 0) is 10.9 Å². The van der Waals surface area contributed by atoms with Gasteiger partial charge in [0.05, 0.1) is 18.9 Å². The Morgan fingerprint density at radius 2 is 2.05 bits per heavy atom. The van der Waals surface area contributed by atoms with Gasteiger partial charge in [0, 0.05) is 0 Å². The second kappa shape index (κ2) is 6.10. The van der Waals surface area contributed by atoms with Crippen molar-refractivity contribution in [3.63, 3.8) is 0 Å². The molecule has 1 aromatic heterocycles. The highest BCUT2D eigenvalue weighted by Crippen LogP contribution is 2.27. The number of nitrogens with zero attached hydrogens (tertiary/aromatic N) is 3. The Kier molecular flexibility index (Phi) is 4.40. The van der Waals surface area contributed by atoms with Crippen LogP contribution in [0.15, 0.2) is 29.4 Å². The van der Waals surface area contributed by atoms with Gasteiger partial charge in [0.2, 0.25) is 4.77 Å². The van der Waals surface area contributed by atoms with Gasteiger partial charge in [0.1, 0.15) is 0 Å². The number of aromatic amines is 1. The van der Waals surface area contributed by atoms with Crippen LogP contribution < -0.4 is 0 Å². The highest BCUT2D eigenvalue weighted by molar-refractivity contribution is 7.71. The zero-order valence-electron chi connectivity index (χ0n) is 11.1. The van der Waals surface area contributed by atoms with Crippen molar-refractivity contribution in [1.82, 2.24) is 14.9 Å². The monoisotopic (exact) mass is 330 g/mol. The molecule has 0 fully saturated rings. The Morgan fingerprint density at radius 1 is 1.41 bits per heavy atom. The van der Waals surface area contributed by atoms with Crippen LogP contribution in [0.3, 0.4) is 0 Å². The number of esters is 1. The van der Waals surface area contributed by atoms with E-state index in [1.54, 1.807) is 0 Å². The van der Waals surface area contributed by atoms with Crippen LogP contribution in [0, 0.1) is 4.77 Å². The molecular formula is C12H9F3N4O2S. The summed E-state index contributed by atoms with van der Waals surface area (Å²) in [7, 11) is 1.25. The molecule has 0 aliphatic heterocycles. The fraction of sp³-hybridized carbons (Fsp3) is 0.167. The molecule has 0 spiro atoms. The molecule has 1 heterocycles. The van der Waals surface area contributed by atoms with Crippen LogP contribution >= 0.6 is 12.2 Å². The summed E-state index contributed by atoms with van der Waals surface area (Å²) < 4.78 is 42.8. The summed E-state index contributed by atoms with van der Waals surface area (Å²) in [5.74, 6) is -1.76. The highest BCUT2D eigenvalue weighted by Gasteiger charge is 2.37. The van der Waals surface area contributed by atoms with Gasteiger partial charge in [0.25, 0.3) is 5.82 Å². The van der Waals surface area contributed by atoms with Gasteiger partial charge in [-0.2, -0.15) is 22.9 Å². The summed E-state index contributed by atoms with van der Waals surface area (Å²) in [5, 5.41) is 8.78. The van der Waals surface area contributed by atoms with Gasteiger partial charge in [0.15, 0.2) is 0 Å². The van der Waals surface area contributed by atoms with E-state index in [2.05, 4.69) is 14.9 Å². The minimum atomic E-state index is -4.68. The lowest BCUT2D eigenvalue weighted by Crippen LogP contribution is -2.12. The molecule has 2 aromatic rings. The molecule has 0 atom stereocenters. The number of benzene rings is 1. The summed E-state index contributed by atoms with van der Waals surface area (Å²) in [6.45, 7) is 0. The maximum atomic E-state index is 12.7. The lowest BCUT2D eigenvalue weighted by Gasteiger charge is -2.04. The lowest BCUT2D eigenvalue weighted by molar-refractivity contribution is -0.147. The minimum absolute atomic E-state index is 0.283. The lowest BCUT2D eigenvalue weighted by atomic mass is 10.1. The fourth-order valence-electron chi connectivity index (χ4n) is 1.53. The molecule has 0 saturated heterocycles. The number of hydrogen-bond acceptors (Lipinski definition) is 5. The van der Waals surface area contributed by atoms with Crippen molar-refractivity contribution in [3.8, 4) is 0 Å². The van der Waals surface area contributed by atoms with Gasteiger partial charge >= 0.3 is 12.1 Å². The minimum Gasteiger partial charge on any atom is -0.465 e. The van der Waals surface area contributed by atoms with Gasteiger partial charge in [-0.1, -0.05) is 12.1 Å². The van der Waals surface area contributed by atoms with Gasteiger partial charge in [-0.25, -0.2) is 9.89 Å². The average Bonchev–Trinajstić information content (AvgIpc) is 2.86. The van der Waals surface area contributed by atoms with E-state index in [1.807, 2.05) is 5.10 Å². The number of methoxy groups -OCH3 is 1. The van der Waals surface area contributed by atoms with Crippen molar-refractivity contribution in [2.75, 3.05) is 7.11 Å². The zero-order chi connectivity index (χ0) is 16.3. The molecule has 0 saturated carbocycles. The summed E-state index contributed by atoms with van der Waals surface area (Å²) in [5.41, 5.74) is 0.791. The zero-order valence-corrected chi connectivity index (χ0v) is 11.9. The first kappa shape index (κ1) is 15.9. The molecule has 6 nitrogen and oxygen atoms in total. The molecule has 0 amide bonds. The maximum Gasteiger partial charge on any atom is 0.453 e. The van der Waals surface area contributed by atoms with Crippen LogP contribution in [0.5, 0.6) is 0 Å². The highest BCUT2D eigenvalue weighted by atomic mass is 32.1. The Bertz CT molecular complexity index is 762. The Morgan fingerprint density at radius 3 is 2.59 bits per heavy atom. The fourth-order valence-corrected chi connectivity index (χ4v) is 1.71. The first-order chi connectivity index (χ1) is 10.3. The number of carbonyl (C=O) groups excluding carboxylic acids is 1. The summed E-state index contributed by atoms with van der Waals surface area (Å²) in [6, 6.07) is 5.94. The SMILES string of the molecule is COC(=O)c1ccc(C=Nn2c(C(F)(F)F)n[nH]c2=S)cc1. The normalized spacial score (nSPS) is 11.8. The molecule has 2 rings (SSSR count). The molecule has 0 radical (unpaired) electrons. The number of carbonyl (C=O) groups is 1. The number of rotatable bonds is 3. The molecule has 0 bridgehead atoms. The van der Waals surface area contributed by atoms with E-state index in [0.29, 0.717) is 15.8 Å². The van der Waals surface area contributed by atoms with Crippen molar-refractivity contribution in [3.05, 3.63) is 46.0 Å². The van der Waals surface area contributed by atoms with E-state index >= 15 is 0 Å².